The third-order valence-corrected chi connectivity index (χ3v) is 5.57. The maximum Gasteiger partial charge on any atom is 0.338 e. The SMILES string of the molecule is CCc1ccc(C(=O)OC(CC)C(CC)C(CC)OC(=O)C=Cc2ccccc2)cc1. The number of esters is 2. The van der Waals surface area contributed by atoms with Gasteiger partial charge in [-0.25, -0.2) is 9.59 Å². The first-order chi connectivity index (χ1) is 15.0. The van der Waals surface area contributed by atoms with E-state index >= 15 is 0 Å². The van der Waals surface area contributed by atoms with Gasteiger partial charge < -0.3 is 9.47 Å². The maximum absolute atomic E-state index is 12.7. The third-order valence-electron chi connectivity index (χ3n) is 5.57. The molecule has 0 N–H and O–H groups in total. The Kier molecular flexibility index (Phi) is 10.0. The quantitative estimate of drug-likeness (QED) is 0.317. The van der Waals surface area contributed by atoms with Crippen molar-refractivity contribution in [3.05, 3.63) is 77.4 Å². The standard InChI is InChI=1S/C27H34O4/c1-5-20-14-17-22(18-15-20)27(29)31-25(8-4)23(6-2)24(7-3)30-26(28)19-16-21-12-10-9-11-13-21/h9-19,23-25H,5-8H2,1-4H3. The summed E-state index contributed by atoms with van der Waals surface area (Å²) in [6.45, 7) is 8.09. The number of hydrogen-bond acceptors (Lipinski definition) is 4. The van der Waals surface area contributed by atoms with Crippen LogP contribution in [-0.2, 0) is 20.7 Å². The average Bonchev–Trinajstić information content (AvgIpc) is 2.82. The Hall–Kier alpha value is -2.88. The Morgan fingerprint density at radius 2 is 1.42 bits per heavy atom. The fourth-order valence-corrected chi connectivity index (χ4v) is 3.71. The van der Waals surface area contributed by atoms with Gasteiger partial charge in [0.2, 0.25) is 0 Å². The number of hydrogen-bond donors (Lipinski definition) is 0. The normalized spacial score (nSPS) is 14.1. The van der Waals surface area contributed by atoms with E-state index in [1.54, 1.807) is 18.2 Å². The van der Waals surface area contributed by atoms with E-state index in [9.17, 15) is 9.59 Å². The zero-order chi connectivity index (χ0) is 22.6. The lowest BCUT2D eigenvalue weighted by atomic mass is 9.89. The van der Waals surface area contributed by atoms with Crippen LogP contribution in [0.5, 0.6) is 0 Å². The number of carbonyl (C=O) groups is 2. The van der Waals surface area contributed by atoms with Gasteiger partial charge in [0.1, 0.15) is 12.2 Å². The fourth-order valence-electron chi connectivity index (χ4n) is 3.71. The molecule has 0 bridgehead atoms. The van der Waals surface area contributed by atoms with Gasteiger partial charge in [0.25, 0.3) is 0 Å². The topological polar surface area (TPSA) is 52.6 Å². The van der Waals surface area contributed by atoms with E-state index in [0.717, 1.165) is 18.4 Å². The summed E-state index contributed by atoms with van der Waals surface area (Å²) < 4.78 is 11.6. The lowest BCUT2D eigenvalue weighted by molar-refractivity contribution is -0.148. The maximum atomic E-state index is 12.7. The molecule has 3 atom stereocenters. The molecule has 166 valence electrons. The van der Waals surface area contributed by atoms with Crippen LogP contribution in [0, 0.1) is 5.92 Å². The zero-order valence-corrected chi connectivity index (χ0v) is 19.0. The summed E-state index contributed by atoms with van der Waals surface area (Å²) >= 11 is 0. The number of carbonyl (C=O) groups excluding carboxylic acids is 2. The zero-order valence-electron chi connectivity index (χ0n) is 19.0. The molecule has 0 aliphatic heterocycles. The molecule has 0 spiro atoms. The molecular formula is C27H34O4. The van der Waals surface area contributed by atoms with Gasteiger partial charge in [-0.1, -0.05) is 70.2 Å². The third kappa shape index (κ3) is 7.39. The van der Waals surface area contributed by atoms with Crippen molar-refractivity contribution in [1.82, 2.24) is 0 Å². The van der Waals surface area contributed by atoms with E-state index in [4.69, 9.17) is 9.47 Å². The predicted octanol–water partition coefficient (Wildman–Crippen LogP) is 6.25. The predicted molar refractivity (Wildman–Crippen MR) is 125 cm³/mol. The molecule has 3 unspecified atom stereocenters. The molecule has 2 aromatic carbocycles. The first kappa shape index (κ1) is 24.4. The molecule has 0 aliphatic carbocycles. The molecule has 2 rings (SSSR count). The Bertz CT molecular complexity index is 839. The minimum absolute atomic E-state index is 0.0667. The minimum atomic E-state index is -0.384. The van der Waals surface area contributed by atoms with Crippen LogP contribution in [0.2, 0.25) is 0 Å². The Balaban J connectivity index is 2.04. The molecular weight excluding hydrogens is 388 g/mol. The summed E-state index contributed by atoms with van der Waals surface area (Å²) in [6, 6.07) is 17.1. The summed E-state index contributed by atoms with van der Waals surface area (Å²) in [4.78, 5) is 25.1. The summed E-state index contributed by atoms with van der Waals surface area (Å²) in [6.07, 6.45) is 5.54. The lowest BCUT2D eigenvalue weighted by Crippen LogP contribution is -2.37. The van der Waals surface area contributed by atoms with Gasteiger partial charge in [-0.15, -0.1) is 0 Å². The van der Waals surface area contributed by atoms with Crippen LogP contribution in [0.4, 0.5) is 0 Å². The van der Waals surface area contributed by atoms with E-state index in [0.29, 0.717) is 18.4 Å². The highest BCUT2D eigenvalue weighted by Gasteiger charge is 2.31. The summed E-state index contributed by atoms with van der Waals surface area (Å²) in [5, 5.41) is 0. The van der Waals surface area contributed by atoms with Gasteiger partial charge >= 0.3 is 11.9 Å². The lowest BCUT2D eigenvalue weighted by Gasteiger charge is -2.31. The Morgan fingerprint density at radius 3 is 1.97 bits per heavy atom. The van der Waals surface area contributed by atoms with Crippen LogP contribution in [0.3, 0.4) is 0 Å². The van der Waals surface area contributed by atoms with E-state index in [1.807, 2.05) is 63.2 Å². The first-order valence-corrected chi connectivity index (χ1v) is 11.3. The van der Waals surface area contributed by atoms with Gasteiger partial charge in [-0.2, -0.15) is 0 Å². The molecule has 31 heavy (non-hydrogen) atoms. The van der Waals surface area contributed by atoms with Gasteiger partial charge in [-0.3, -0.25) is 0 Å². The molecule has 0 aromatic heterocycles. The summed E-state index contributed by atoms with van der Waals surface area (Å²) in [7, 11) is 0. The molecule has 0 saturated carbocycles. The number of rotatable bonds is 11. The highest BCUT2D eigenvalue weighted by molar-refractivity contribution is 5.89. The molecule has 4 heteroatoms. The van der Waals surface area contributed by atoms with Crippen molar-refractivity contribution in [3.63, 3.8) is 0 Å². The van der Waals surface area contributed by atoms with E-state index in [1.165, 1.54) is 11.6 Å². The van der Waals surface area contributed by atoms with Crippen molar-refractivity contribution in [1.29, 1.82) is 0 Å². The first-order valence-electron chi connectivity index (χ1n) is 11.3. The minimum Gasteiger partial charge on any atom is -0.459 e. The second kappa shape index (κ2) is 12.7. The smallest absolute Gasteiger partial charge is 0.338 e. The fraction of sp³-hybridized carbons (Fsp3) is 0.407. The van der Waals surface area contributed by atoms with Gasteiger partial charge in [0.15, 0.2) is 0 Å². The average molecular weight is 423 g/mol. The van der Waals surface area contributed by atoms with Gasteiger partial charge in [0, 0.05) is 12.0 Å². The number of ether oxygens (including phenoxy) is 2. The second-order valence-corrected chi connectivity index (χ2v) is 7.60. The molecule has 4 nitrogen and oxygen atoms in total. The van der Waals surface area contributed by atoms with Crippen molar-refractivity contribution in [3.8, 4) is 0 Å². The van der Waals surface area contributed by atoms with Crippen LogP contribution in [-0.4, -0.2) is 24.1 Å². The van der Waals surface area contributed by atoms with Crippen molar-refractivity contribution < 1.29 is 19.1 Å². The highest BCUT2D eigenvalue weighted by atomic mass is 16.6. The van der Waals surface area contributed by atoms with E-state index < -0.39 is 0 Å². The van der Waals surface area contributed by atoms with Crippen molar-refractivity contribution >= 4 is 18.0 Å². The molecule has 2 aromatic rings. The Labute approximate surface area is 186 Å². The van der Waals surface area contributed by atoms with Gasteiger partial charge in [0.05, 0.1) is 5.56 Å². The number of aryl methyl sites for hydroxylation is 1. The molecule has 0 saturated heterocycles. The summed E-state index contributed by atoms with van der Waals surface area (Å²) in [5.41, 5.74) is 2.66. The molecule has 0 aliphatic rings. The van der Waals surface area contributed by atoms with Gasteiger partial charge in [-0.05, 0) is 55.0 Å². The van der Waals surface area contributed by atoms with Crippen LogP contribution < -0.4 is 0 Å². The highest BCUT2D eigenvalue weighted by Crippen LogP contribution is 2.25. The monoisotopic (exact) mass is 422 g/mol. The Morgan fingerprint density at radius 1 is 0.806 bits per heavy atom. The van der Waals surface area contributed by atoms with Crippen molar-refractivity contribution in [2.24, 2.45) is 5.92 Å². The molecule has 0 radical (unpaired) electrons. The van der Waals surface area contributed by atoms with Crippen LogP contribution in [0.1, 0.15) is 68.4 Å². The second-order valence-electron chi connectivity index (χ2n) is 7.60. The summed E-state index contributed by atoms with van der Waals surface area (Å²) in [5.74, 6) is -0.786. The van der Waals surface area contributed by atoms with Crippen LogP contribution >= 0.6 is 0 Å². The van der Waals surface area contributed by atoms with Crippen molar-refractivity contribution in [2.75, 3.05) is 0 Å². The van der Waals surface area contributed by atoms with E-state index in [-0.39, 0.29) is 30.1 Å². The molecule has 0 heterocycles. The molecule has 0 fully saturated rings. The van der Waals surface area contributed by atoms with Crippen LogP contribution in [0.25, 0.3) is 6.08 Å². The van der Waals surface area contributed by atoms with Crippen LogP contribution in [0.15, 0.2) is 60.7 Å². The van der Waals surface area contributed by atoms with Crippen molar-refractivity contribution in [2.45, 2.75) is 65.6 Å². The number of benzene rings is 2. The largest absolute Gasteiger partial charge is 0.459 e. The molecule has 0 amide bonds. The van der Waals surface area contributed by atoms with E-state index in [2.05, 4.69) is 6.92 Å².